The summed E-state index contributed by atoms with van der Waals surface area (Å²) in [5.74, 6) is -0.324. The van der Waals surface area contributed by atoms with Crippen LogP contribution in [0.3, 0.4) is 0 Å². The van der Waals surface area contributed by atoms with Crippen molar-refractivity contribution in [3.05, 3.63) is 10.6 Å². The van der Waals surface area contributed by atoms with E-state index >= 15 is 0 Å². The van der Waals surface area contributed by atoms with Crippen LogP contribution in [0.2, 0.25) is 0 Å². The largest absolute Gasteiger partial charge is 0.390 e. The number of allylic oxidation sites excluding steroid dienone is 2. The van der Waals surface area contributed by atoms with E-state index in [-0.39, 0.29) is 23.1 Å². The Bertz CT molecular complexity index is 468. The molecule has 2 atom stereocenters. The zero-order valence-corrected chi connectivity index (χ0v) is 13.2. The van der Waals surface area contributed by atoms with Gasteiger partial charge in [-0.05, 0) is 33.6 Å². The lowest BCUT2D eigenvalue weighted by molar-refractivity contribution is -0.160. The molecule has 2 amide bonds. The highest BCUT2D eigenvalue weighted by Crippen LogP contribution is 2.52. The van der Waals surface area contributed by atoms with Crippen LogP contribution in [0, 0.1) is 5.92 Å². The summed E-state index contributed by atoms with van der Waals surface area (Å²) in [6.07, 6.45) is 1.72. The zero-order valence-electron chi connectivity index (χ0n) is 12.4. The smallest absolute Gasteiger partial charge is 0.236 e. The minimum atomic E-state index is -0.975. The molecule has 2 heterocycles. The topological polar surface area (TPSA) is 69.6 Å². The summed E-state index contributed by atoms with van der Waals surface area (Å²) < 4.78 is 0. The third-order valence-corrected chi connectivity index (χ3v) is 5.30. The molecule has 2 N–H and O–H groups in total. The number of aliphatic hydroxyl groups is 1. The van der Waals surface area contributed by atoms with Crippen molar-refractivity contribution >= 4 is 23.6 Å². The number of nitrogens with zero attached hydrogens (tertiary/aromatic N) is 1. The number of carbonyl (C=O) groups excluding carboxylic acids is 2. The Morgan fingerprint density at radius 3 is 2.70 bits per heavy atom. The SMILES string of the molecule is CC(=O)NCCCC1=C(C)N2C(=O)C(C(C)(C)O)[C@@H]2S1. The van der Waals surface area contributed by atoms with Gasteiger partial charge >= 0.3 is 0 Å². The van der Waals surface area contributed by atoms with Crippen molar-refractivity contribution in [3.63, 3.8) is 0 Å². The average Bonchev–Trinajstić information content (AvgIpc) is 2.54. The molecule has 1 unspecified atom stereocenters. The van der Waals surface area contributed by atoms with Crippen molar-refractivity contribution in [2.24, 2.45) is 5.92 Å². The molecule has 5 nitrogen and oxygen atoms in total. The first-order chi connectivity index (χ1) is 9.23. The third kappa shape index (κ3) is 2.72. The Morgan fingerprint density at radius 2 is 2.15 bits per heavy atom. The second-order valence-electron chi connectivity index (χ2n) is 5.94. The second kappa shape index (κ2) is 5.41. The second-order valence-corrected chi connectivity index (χ2v) is 7.15. The average molecular weight is 298 g/mol. The lowest BCUT2D eigenvalue weighted by Crippen LogP contribution is -2.63. The quantitative estimate of drug-likeness (QED) is 0.595. The van der Waals surface area contributed by atoms with Gasteiger partial charge in [-0.1, -0.05) is 0 Å². The molecule has 1 fully saturated rings. The van der Waals surface area contributed by atoms with Crippen molar-refractivity contribution < 1.29 is 14.7 Å². The van der Waals surface area contributed by atoms with E-state index in [1.54, 1.807) is 30.5 Å². The highest BCUT2D eigenvalue weighted by molar-refractivity contribution is 8.04. The lowest BCUT2D eigenvalue weighted by atomic mass is 9.83. The zero-order chi connectivity index (χ0) is 15.1. The predicted octanol–water partition coefficient (Wildman–Crippen LogP) is 1.44. The number of carbonyl (C=O) groups is 2. The van der Waals surface area contributed by atoms with Gasteiger partial charge in [0.25, 0.3) is 0 Å². The summed E-state index contributed by atoms with van der Waals surface area (Å²) in [5.41, 5.74) is 0.0327. The van der Waals surface area contributed by atoms with Crippen LogP contribution in [0.5, 0.6) is 0 Å². The van der Waals surface area contributed by atoms with Crippen molar-refractivity contribution in [2.45, 2.75) is 51.5 Å². The van der Waals surface area contributed by atoms with Gasteiger partial charge in [-0.15, -0.1) is 11.8 Å². The fraction of sp³-hybridized carbons (Fsp3) is 0.714. The Kier molecular flexibility index (Phi) is 4.16. The van der Waals surface area contributed by atoms with Gasteiger partial charge in [-0.2, -0.15) is 0 Å². The van der Waals surface area contributed by atoms with Gasteiger partial charge in [0.2, 0.25) is 11.8 Å². The van der Waals surface area contributed by atoms with Gasteiger partial charge in [0.15, 0.2) is 0 Å². The molecular weight excluding hydrogens is 276 g/mol. The van der Waals surface area contributed by atoms with E-state index in [0.717, 1.165) is 18.5 Å². The predicted molar refractivity (Wildman–Crippen MR) is 78.6 cm³/mol. The van der Waals surface area contributed by atoms with Gasteiger partial charge in [0.1, 0.15) is 5.37 Å². The van der Waals surface area contributed by atoms with E-state index in [0.29, 0.717) is 6.54 Å². The molecular formula is C14H22N2O3S. The highest BCUT2D eigenvalue weighted by atomic mass is 32.2. The lowest BCUT2D eigenvalue weighted by Gasteiger charge is -2.47. The minimum absolute atomic E-state index is 0.0177. The summed E-state index contributed by atoms with van der Waals surface area (Å²) in [7, 11) is 0. The number of β-lactam (4-membered cyclic amide) rings is 1. The number of hydrogen-bond acceptors (Lipinski definition) is 4. The van der Waals surface area contributed by atoms with Gasteiger partial charge < -0.3 is 15.3 Å². The third-order valence-electron chi connectivity index (χ3n) is 3.79. The summed E-state index contributed by atoms with van der Waals surface area (Å²) in [6.45, 7) is 7.50. The molecule has 1 saturated heterocycles. The Hall–Kier alpha value is -1.01. The summed E-state index contributed by atoms with van der Waals surface area (Å²) in [5, 5.41) is 12.9. The first-order valence-corrected chi connectivity index (χ1v) is 7.77. The molecule has 0 aromatic carbocycles. The van der Waals surface area contributed by atoms with Crippen LogP contribution in [-0.4, -0.2) is 39.3 Å². The Balaban J connectivity index is 1.93. The van der Waals surface area contributed by atoms with Crippen LogP contribution in [-0.2, 0) is 9.59 Å². The van der Waals surface area contributed by atoms with Crippen LogP contribution in [0.1, 0.15) is 40.5 Å². The molecule has 2 aliphatic rings. The number of rotatable bonds is 5. The van der Waals surface area contributed by atoms with E-state index in [2.05, 4.69) is 5.32 Å². The normalized spacial score (nSPS) is 25.6. The number of nitrogens with one attached hydrogen (secondary N) is 1. The number of hydrogen-bond donors (Lipinski definition) is 2. The maximum Gasteiger partial charge on any atom is 0.236 e. The van der Waals surface area contributed by atoms with Gasteiger partial charge in [-0.3, -0.25) is 9.59 Å². The van der Waals surface area contributed by atoms with E-state index in [1.165, 1.54) is 11.8 Å². The van der Waals surface area contributed by atoms with E-state index in [9.17, 15) is 14.7 Å². The van der Waals surface area contributed by atoms with Crippen LogP contribution < -0.4 is 5.32 Å². The summed E-state index contributed by atoms with van der Waals surface area (Å²) in [4.78, 5) is 25.9. The number of amides is 2. The van der Waals surface area contributed by atoms with Gasteiger partial charge in [0.05, 0.1) is 11.5 Å². The molecule has 6 heteroatoms. The minimum Gasteiger partial charge on any atom is -0.390 e. The maximum atomic E-state index is 12.1. The van der Waals surface area contributed by atoms with E-state index in [4.69, 9.17) is 0 Å². The van der Waals surface area contributed by atoms with E-state index in [1.807, 2.05) is 6.92 Å². The Labute approximate surface area is 123 Å². The molecule has 0 saturated carbocycles. The summed E-state index contributed by atoms with van der Waals surface area (Å²) >= 11 is 1.68. The maximum absolute atomic E-state index is 12.1. The van der Waals surface area contributed by atoms with Gasteiger partial charge in [-0.25, -0.2) is 0 Å². The molecule has 20 heavy (non-hydrogen) atoms. The van der Waals surface area contributed by atoms with Crippen molar-refractivity contribution in [3.8, 4) is 0 Å². The van der Waals surface area contributed by atoms with Crippen LogP contribution in [0.25, 0.3) is 0 Å². The monoisotopic (exact) mass is 298 g/mol. The number of fused-ring (bicyclic) bond motifs is 1. The molecule has 2 aliphatic heterocycles. The standard InChI is InChI=1S/C14H22N2O3S/c1-8-10(6-5-7-15-9(2)17)20-13-11(14(3,4)19)12(18)16(8)13/h11,13,19H,5-7H2,1-4H3,(H,15,17)/t11?,13-/m0/s1. The molecule has 0 aromatic rings. The fourth-order valence-corrected chi connectivity index (χ4v) is 4.49. The Morgan fingerprint density at radius 1 is 1.50 bits per heavy atom. The van der Waals surface area contributed by atoms with Crippen molar-refractivity contribution in [1.29, 1.82) is 0 Å². The first kappa shape index (κ1) is 15.4. The van der Waals surface area contributed by atoms with Gasteiger partial charge in [0, 0.05) is 24.1 Å². The van der Waals surface area contributed by atoms with E-state index < -0.39 is 5.60 Å². The first-order valence-electron chi connectivity index (χ1n) is 6.89. The summed E-state index contributed by atoms with van der Waals surface area (Å²) in [6, 6.07) is 0. The molecule has 0 aromatic heterocycles. The van der Waals surface area contributed by atoms with Crippen molar-refractivity contribution in [1.82, 2.24) is 10.2 Å². The van der Waals surface area contributed by atoms with Crippen molar-refractivity contribution in [2.75, 3.05) is 6.54 Å². The van der Waals surface area contributed by atoms with Crippen LogP contribution in [0.15, 0.2) is 10.6 Å². The molecule has 2 rings (SSSR count). The number of thioether (sulfide) groups is 1. The van der Waals surface area contributed by atoms with Crippen LogP contribution in [0.4, 0.5) is 0 Å². The molecule has 0 bridgehead atoms. The van der Waals surface area contributed by atoms with Crippen LogP contribution >= 0.6 is 11.8 Å². The molecule has 112 valence electrons. The molecule has 0 spiro atoms. The highest BCUT2D eigenvalue weighted by Gasteiger charge is 2.58. The molecule has 0 aliphatic carbocycles. The molecule has 0 radical (unpaired) electrons. The fourth-order valence-electron chi connectivity index (χ4n) is 2.71.